The quantitative estimate of drug-likeness (QED) is 0.740. The SMILES string of the molecule is COc1ccc(C(=O)n2cc(C)c3ccccc32)cc1OC. The summed E-state index contributed by atoms with van der Waals surface area (Å²) in [6, 6.07) is 13.1. The van der Waals surface area contributed by atoms with E-state index in [0.29, 0.717) is 17.1 Å². The van der Waals surface area contributed by atoms with Crippen LogP contribution in [0.3, 0.4) is 0 Å². The van der Waals surface area contributed by atoms with E-state index in [2.05, 4.69) is 0 Å². The maximum atomic E-state index is 12.8. The molecule has 0 atom stereocenters. The van der Waals surface area contributed by atoms with Gasteiger partial charge in [0.1, 0.15) is 0 Å². The van der Waals surface area contributed by atoms with Gasteiger partial charge in [-0.15, -0.1) is 0 Å². The molecule has 4 heteroatoms. The lowest BCUT2D eigenvalue weighted by Crippen LogP contribution is -2.11. The maximum absolute atomic E-state index is 12.8. The number of ether oxygens (including phenoxy) is 2. The van der Waals surface area contributed by atoms with Gasteiger partial charge in [0, 0.05) is 17.1 Å². The summed E-state index contributed by atoms with van der Waals surface area (Å²) in [6.07, 6.45) is 1.86. The van der Waals surface area contributed by atoms with E-state index >= 15 is 0 Å². The van der Waals surface area contributed by atoms with Crippen molar-refractivity contribution in [3.63, 3.8) is 0 Å². The van der Waals surface area contributed by atoms with Gasteiger partial charge in [0.05, 0.1) is 19.7 Å². The Hall–Kier alpha value is -2.75. The minimum atomic E-state index is -0.0924. The van der Waals surface area contributed by atoms with Crippen LogP contribution in [0.15, 0.2) is 48.7 Å². The molecule has 4 nitrogen and oxygen atoms in total. The molecule has 0 aliphatic carbocycles. The van der Waals surface area contributed by atoms with E-state index in [9.17, 15) is 4.79 Å². The normalized spacial score (nSPS) is 10.7. The van der Waals surface area contributed by atoms with Crippen LogP contribution in [0.5, 0.6) is 11.5 Å². The second-order valence-corrected chi connectivity index (χ2v) is 5.07. The van der Waals surface area contributed by atoms with Crippen molar-refractivity contribution in [2.75, 3.05) is 14.2 Å². The zero-order chi connectivity index (χ0) is 15.7. The van der Waals surface area contributed by atoms with E-state index in [-0.39, 0.29) is 5.91 Å². The minimum Gasteiger partial charge on any atom is -0.493 e. The number of carbonyl (C=O) groups is 1. The first-order valence-electron chi connectivity index (χ1n) is 6.99. The lowest BCUT2D eigenvalue weighted by atomic mass is 10.2. The molecule has 112 valence electrons. The molecule has 0 radical (unpaired) electrons. The largest absolute Gasteiger partial charge is 0.493 e. The molecule has 1 aromatic heterocycles. The van der Waals surface area contributed by atoms with E-state index in [1.165, 1.54) is 0 Å². The first-order chi connectivity index (χ1) is 10.7. The highest BCUT2D eigenvalue weighted by molar-refractivity contribution is 6.03. The summed E-state index contributed by atoms with van der Waals surface area (Å²) >= 11 is 0. The van der Waals surface area contributed by atoms with Crippen molar-refractivity contribution in [1.29, 1.82) is 0 Å². The number of aryl methyl sites for hydroxylation is 1. The first-order valence-corrected chi connectivity index (χ1v) is 6.99. The molecule has 2 aromatic carbocycles. The van der Waals surface area contributed by atoms with Crippen LogP contribution in [0.4, 0.5) is 0 Å². The summed E-state index contributed by atoms with van der Waals surface area (Å²) in [5, 5.41) is 1.08. The predicted octanol–water partition coefficient (Wildman–Crippen LogP) is 3.66. The minimum absolute atomic E-state index is 0.0924. The van der Waals surface area contributed by atoms with Gasteiger partial charge in [-0.1, -0.05) is 18.2 Å². The fourth-order valence-electron chi connectivity index (χ4n) is 2.63. The molecule has 0 bridgehead atoms. The fraction of sp³-hybridized carbons (Fsp3) is 0.167. The van der Waals surface area contributed by atoms with Gasteiger partial charge in [-0.25, -0.2) is 0 Å². The molecule has 0 saturated carbocycles. The van der Waals surface area contributed by atoms with Gasteiger partial charge in [-0.2, -0.15) is 0 Å². The summed E-state index contributed by atoms with van der Waals surface area (Å²) in [5.41, 5.74) is 2.53. The number of rotatable bonds is 3. The highest BCUT2D eigenvalue weighted by atomic mass is 16.5. The number of nitrogens with zero attached hydrogens (tertiary/aromatic N) is 1. The zero-order valence-electron chi connectivity index (χ0n) is 12.8. The molecule has 0 unspecified atom stereocenters. The molecule has 3 rings (SSSR count). The molecular weight excluding hydrogens is 278 g/mol. The van der Waals surface area contributed by atoms with Crippen molar-refractivity contribution in [3.05, 3.63) is 59.8 Å². The number of fused-ring (bicyclic) bond motifs is 1. The third-order valence-corrected chi connectivity index (χ3v) is 3.76. The van der Waals surface area contributed by atoms with E-state index in [0.717, 1.165) is 16.5 Å². The highest BCUT2D eigenvalue weighted by Gasteiger charge is 2.15. The van der Waals surface area contributed by atoms with Crippen molar-refractivity contribution in [1.82, 2.24) is 4.57 Å². The average Bonchev–Trinajstić information content (AvgIpc) is 2.91. The van der Waals surface area contributed by atoms with Crippen molar-refractivity contribution >= 4 is 16.8 Å². The standard InChI is InChI=1S/C18H17NO3/c1-12-11-19(15-7-5-4-6-14(12)15)18(20)13-8-9-16(21-2)17(10-13)22-3/h4-11H,1-3H3. The summed E-state index contributed by atoms with van der Waals surface area (Å²) in [7, 11) is 3.13. The number of hydrogen-bond acceptors (Lipinski definition) is 3. The number of carbonyl (C=O) groups excluding carboxylic acids is 1. The van der Waals surface area contributed by atoms with E-state index in [1.807, 2.05) is 37.4 Å². The predicted molar refractivity (Wildman–Crippen MR) is 85.9 cm³/mol. The molecule has 0 amide bonds. The Morgan fingerprint density at radius 2 is 1.73 bits per heavy atom. The Bertz CT molecular complexity index is 849. The van der Waals surface area contributed by atoms with Crippen molar-refractivity contribution in [3.8, 4) is 11.5 Å². The number of para-hydroxylation sites is 1. The molecule has 0 aliphatic rings. The lowest BCUT2D eigenvalue weighted by molar-refractivity contribution is 0.0964. The van der Waals surface area contributed by atoms with Crippen LogP contribution in [0.2, 0.25) is 0 Å². The second kappa shape index (κ2) is 5.56. The van der Waals surface area contributed by atoms with Crippen LogP contribution in [-0.2, 0) is 0 Å². The van der Waals surface area contributed by atoms with Crippen molar-refractivity contribution in [2.24, 2.45) is 0 Å². The second-order valence-electron chi connectivity index (χ2n) is 5.07. The molecule has 0 aliphatic heterocycles. The molecular formula is C18H17NO3. The van der Waals surface area contributed by atoms with Crippen LogP contribution in [0, 0.1) is 6.92 Å². The lowest BCUT2D eigenvalue weighted by Gasteiger charge is -2.10. The van der Waals surface area contributed by atoms with Crippen molar-refractivity contribution < 1.29 is 14.3 Å². The van der Waals surface area contributed by atoms with Gasteiger partial charge in [0.15, 0.2) is 11.5 Å². The molecule has 0 spiro atoms. The van der Waals surface area contributed by atoms with Crippen LogP contribution in [0.1, 0.15) is 15.9 Å². The van der Waals surface area contributed by atoms with Crippen LogP contribution >= 0.6 is 0 Å². The van der Waals surface area contributed by atoms with Gasteiger partial charge < -0.3 is 9.47 Å². The van der Waals surface area contributed by atoms with Gasteiger partial charge in [0.2, 0.25) is 0 Å². The molecule has 0 saturated heterocycles. The van der Waals surface area contributed by atoms with E-state index in [1.54, 1.807) is 37.0 Å². The van der Waals surface area contributed by atoms with Gasteiger partial charge in [0.25, 0.3) is 5.91 Å². The first kappa shape index (κ1) is 14.2. The Kier molecular flexibility index (Phi) is 3.59. The Labute approximate surface area is 128 Å². The van der Waals surface area contributed by atoms with Crippen LogP contribution in [-0.4, -0.2) is 24.7 Å². The fourth-order valence-corrected chi connectivity index (χ4v) is 2.63. The van der Waals surface area contributed by atoms with Crippen LogP contribution < -0.4 is 9.47 Å². The Morgan fingerprint density at radius 1 is 1.00 bits per heavy atom. The maximum Gasteiger partial charge on any atom is 0.262 e. The molecule has 0 fully saturated rings. The number of benzene rings is 2. The summed E-state index contributed by atoms with van der Waals surface area (Å²) in [6.45, 7) is 2.00. The number of aromatic nitrogens is 1. The highest BCUT2D eigenvalue weighted by Crippen LogP contribution is 2.29. The Morgan fingerprint density at radius 3 is 2.45 bits per heavy atom. The topological polar surface area (TPSA) is 40.5 Å². The van der Waals surface area contributed by atoms with Gasteiger partial charge >= 0.3 is 0 Å². The summed E-state index contributed by atoms with van der Waals surface area (Å²) in [5.74, 6) is 1.05. The zero-order valence-corrected chi connectivity index (χ0v) is 12.8. The monoisotopic (exact) mass is 295 g/mol. The molecule has 1 heterocycles. The third-order valence-electron chi connectivity index (χ3n) is 3.76. The number of methoxy groups -OCH3 is 2. The Balaban J connectivity index is 2.10. The van der Waals surface area contributed by atoms with Crippen LogP contribution in [0.25, 0.3) is 10.9 Å². The molecule has 0 N–H and O–H groups in total. The van der Waals surface area contributed by atoms with E-state index < -0.39 is 0 Å². The van der Waals surface area contributed by atoms with Crippen molar-refractivity contribution in [2.45, 2.75) is 6.92 Å². The number of hydrogen-bond donors (Lipinski definition) is 0. The van der Waals surface area contributed by atoms with Gasteiger partial charge in [-0.3, -0.25) is 9.36 Å². The average molecular weight is 295 g/mol. The smallest absolute Gasteiger partial charge is 0.262 e. The molecule has 22 heavy (non-hydrogen) atoms. The van der Waals surface area contributed by atoms with E-state index in [4.69, 9.17) is 9.47 Å². The third kappa shape index (κ3) is 2.22. The van der Waals surface area contributed by atoms with Gasteiger partial charge in [-0.05, 0) is 36.8 Å². The molecule has 3 aromatic rings. The summed E-state index contributed by atoms with van der Waals surface area (Å²) < 4.78 is 12.1. The summed E-state index contributed by atoms with van der Waals surface area (Å²) in [4.78, 5) is 12.8.